The average molecular weight is 475 g/mol. The van der Waals surface area contributed by atoms with Crippen LogP contribution in [-0.4, -0.2) is 12.5 Å². The quantitative estimate of drug-likeness (QED) is 0.303. The molecule has 0 saturated carbocycles. The number of unbranched alkanes of at least 4 members (excludes halogenated alkanes) is 6. The summed E-state index contributed by atoms with van der Waals surface area (Å²) in [5, 5.41) is 3.57. The van der Waals surface area contributed by atoms with E-state index >= 15 is 0 Å². The van der Waals surface area contributed by atoms with E-state index in [0.717, 1.165) is 18.7 Å². The number of hydrogen-bond acceptors (Lipinski definition) is 2. The van der Waals surface area contributed by atoms with E-state index in [-0.39, 0.29) is 10.8 Å². The largest absolute Gasteiger partial charge is 0.381 e. The van der Waals surface area contributed by atoms with Gasteiger partial charge in [0.05, 0.1) is 0 Å². The molecule has 0 unspecified atom stereocenters. The molecule has 1 amide bonds. The predicted molar refractivity (Wildman–Crippen MR) is 151 cm³/mol. The van der Waals surface area contributed by atoms with Crippen LogP contribution in [0.1, 0.15) is 119 Å². The number of benzene rings is 2. The van der Waals surface area contributed by atoms with Crippen molar-refractivity contribution < 1.29 is 4.79 Å². The molecule has 35 heavy (non-hydrogen) atoms. The molecule has 3 N–H and O–H groups in total. The Morgan fingerprint density at radius 1 is 0.857 bits per heavy atom. The summed E-state index contributed by atoms with van der Waals surface area (Å²) < 4.78 is 0. The average Bonchev–Trinajstić information content (AvgIpc) is 2.83. The van der Waals surface area contributed by atoms with Crippen molar-refractivity contribution in [1.82, 2.24) is 0 Å². The van der Waals surface area contributed by atoms with E-state index in [1.54, 1.807) is 12.1 Å². The molecule has 0 fully saturated rings. The maximum atomic E-state index is 11.4. The highest BCUT2D eigenvalue weighted by Crippen LogP contribution is 2.46. The number of carbonyl (C=O) groups is 1. The lowest BCUT2D eigenvalue weighted by molar-refractivity contribution is 0.100. The van der Waals surface area contributed by atoms with Gasteiger partial charge in [0.25, 0.3) is 0 Å². The van der Waals surface area contributed by atoms with E-state index in [1.165, 1.54) is 73.6 Å². The lowest BCUT2D eigenvalue weighted by Gasteiger charge is -2.42. The van der Waals surface area contributed by atoms with Gasteiger partial charge < -0.3 is 11.1 Å². The number of carbonyl (C=O) groups excluding carboxylic acids is 1. The molecule has 0 radical (unpaired) electrons. The van der Waals surface area contributed by atoms with Crippen LogP contribution in [0, 0.1) is 0 Å². The van der Waals surface area contributed by atoms with Crippen LogP contribution in [0.25, 0.3) is 5.57 Å². The number of allylic oxidation sites excluding steroid dienone is 1. The van der Waals surface area contributed by atoms with Crippen LogP contribution in [0.15, 0.2) is 48.5 Å². The minimum absolute atomic E-state index is 0.198. The molecule has 0 bridgehead atoms. The van der Waals surface area contributed by atoms with Gasteiger partial charge >= 0.3 is 0 Å². The van der Waals surface area contributed by atoms with Crippen molar-refractivity contribution in [3.05, 3.63) is 70.8 Å². The standard InChI is InChI=1S/C32H46N2O/c1-6-7-8-9-10-11-12-13-26(23-34-27-17-14-24(15-18-27)30(33)35)25-16-19-28-29(22-25)32(4,5)21-20-31(28,2)3/h13-19,22,34H,6-12,20-21,23H2,1-5H3,(H2,33,35)/b26-13-. The van der Waals surface area contributed by atoms with E-state index in [2.05, 4.69) is 64.2 Å². The Morgan fingerprint density at radius 3 is 2.11 bits per heavy atom. The highest BCUT2D eigenvalue weighted by Gasteiger charge is 2.37. The topological polar surface area (TPSA) is 55.1 Å². The highest BCUT2D eigenvalue weighted by molar-refractivity contribution is 5.93. The second kappa shape index (κ2) is 11.9. The van der Waals surface area contributed by atoms with Gasteiger partial charge in [-0.05, 0) is 83.0 Å². The number of primary amides is 1. The molecule has 0 saturated heterocycles. The Balaban J connectivity index is 1.80. The molecule has 0 aliphatic heterocycles. The zero-order chi connectivity index (χ0) is 25.5. The number of hydrogen-bond donors (Lipinski definition) is 2. The van der Waals surface area contributed by atoms with Crippen LogP contribution < -0.4 is 11.1 Å². The Morgan fingerprint density at radius 2 is 1.46 bits per heavy atom. The number of rotatable bonds is 12. The molecule has 0 heterocycles. The highest BCUT2D eigenvalue weighted by atomic mass is 16.1. The maximum absolute atomic E-state index is 11.4. The van der Waals surface area contributed by atoms with Gasteiger partial charge in [0.1, 0.15) is 0 Å². The van der Waals surface area contributed by atoms with Gasteiger partial charge in [0.15, 0.2) is 0 Å². The number of nitrogens with one attached hydrogen (secondary N) is 1. The van der Waals surface area contributed by atoms with E-state index in [1.807, 2.05) is 12.1 Å². The summed E-state index contributed by atoms with van der Waals surface area (Å²) in [5.74, 6) is -0.393. The Kier molecular flexibility index (Phi) is 9.21. The normalized spacial score (nSPS) is 16.5. The van der Waals surface area contributed by atoms with Gasteiger partial charge in [-0.25, -0.2) is 0 Å². The summed E-state index contributed by atoms with van der Waals surface area (Å²) in [7, 11) is 0. The van der Waals surface area contributed by atoms with E-state index in [9.17, 15) is 4.79 Å². The van der Waals surface area contributed by atoms with Crippen LogP contribution in [0.4, 0.5) is 5.69 Å². The van der Waals surface area contributed by atoms with Crippen LogP contribution in [-0.2, 0) is 10.8 Å². The van der Waals surface area contributed by atoms with Crippen molar-refractivity contribution in [3.63, 3.8) is 0 Å². The van der Waals surface area contributed by atoms with Gasteiger partial charge in [-0.3, -0.25) is 4.79 Å². The van der Waals surface area contributed by atoms with Gasteiger partial charge in [-0.15, -0.1) is 0 Å². The van der Waals surface area contributed by atoms with Crippen molar-refractivity contribution in [2.75, 3.05) is 11.9 Å². The molecule has 3 rings (SSSR count). The third kappa shape index (κ3) is 7.22. The smallest absolute Gasteiger partial charge is 0.248 e. The van der Waals surface area contributed by atoms with E-state index in [0.29, 0.717) is 5.56 Å². The molecule has 2 aromatic carbocycles. The maximum Gasteiger partial charge on any atom is 0.248 e. The Labute approximate surface area is 213 Å². The van der Waals surface area contributed by atoms with Crippen molar-refractivity contribution in [2.45, 2.75) is 103 Å². The third-order valence-corrected chi connectivity index (χ3v) is 7.82. The van der Waals surface area contributed by atoms with Crippen molar-refractivity contribution in [3.8, 4) is 0 Å². The summed E-state index contributed by atoms with van der Waals surface area (Å²) in [6.45, 7) is 12.6. The fourth-order valence-electron chi connectivity index (χ4n) is 5.23. The molecule has 2 aromatic rings. The zero-order valence-corrected chi connectivity index (χ0v) is 22.7. The van der Waals surface area contributed by atoms with Crippen LogP contribution in [0.2, 0.25) is 0 Å². The van der Waals surface area contributed by atoms with Gasteiger partial charge in [0.2, 0.25) is 5.91 Å². The van der Waals surface area contributed by atoms with Gasteiger partial charge in [-0.2, -0.15) is 0 Å². The van der Waals surface area contributed by atoms with Crippen LogP contribution in [0.5, 0.6) is 0 Å². The minimum Gasteiger partial charge on any atom is -0.381 e. The molecule has 0 atom stereocenters. The predicted octanol–water partition coefficient (Wildman–Crippen LogP) is 8.38. The Hall–Kier alpha value is -2.55. The van der Waals surface area contributed by atoms with Crippen molar-refractivity contribution in [1.29, 1.82) is 0 Å². The molecular weight excluding hydrogens is 428 g/mol. The molecule has 1 aliphatic rings. The van der Waals surface area contributed by atoms with Crippen molar-refractivity contribution in [2.24, 2.45) is 5.73 Å². The Bertz CT molecular complexity index is 1010. The first-order valence-electron chi connectivity index (χ1n) is 13.6. The third-order valence-electron chi connectivity index (χ3n) is 7.82. The summed E-state index contributed by atoms with van der Waals surface area (Å²) in [6.07, 6.45) is 13.9. The van der Waals surface area contributed by atoms with E-state index < -0.39 is 5.91 Å². The number of anilines is 1. The molecule has 190 valence electrons. The number of fused-ring (bicyclic) bond motifs is 1. The van der Waals surface area contributed by atoms with Crippen LogP contribution in [0.3, 0.4) is 0 Å². The summed E-state index contributed by atoms with van der Waals surface area (Å²) in [5.41, 5.74) is 13.0. The fraction of sp³-hybridized carbons (Fsp3) is 0.531. The second-order valence-electron chi connectivity index (χ2n) is 11.6. The molecule has 0 spiro atoms. The summed E-state index contributed by atoms with van der Waals surface area (Å²) in [6, 6.07) is 14.6. The molecule has 3 heteroatoms. The molecule has 1 aliphatic carbocycles. The van der Waals surface area contributed by atoms with Gasteiger partial charge in [-0.1, -0.05) is 91.0 Å². The first-order valence-corrected chi connectivity index (χ1v) is 13.6. The lowest BCUT2D eigenvalue weighted by Crippen LogP contribution is -2.33. The van der Waals surface area contributed by atoms with Crippen molar-refractivity contribution >= 4 is 17.2 Å². The number of amides is 1. The molecular formula is C32H46N2O. The molecule has 0 aromatic heterocycles. The minimum atomic E-state index is -0.393. The second-order valence-corrected chi connectivity index (χ2v) is 11.6. The van der Waals surface area contributed by atoms with Crippen LogP contribution >= 0.6 is 0 Å². The monoisotopic (exact) mass is 474 g/mol. The summed E-state index contributed by atoms with van der Waals surface area (Å²) >= 11 is 0. The first kappa shape index (κ1) is 27.0. The number of nitrogens with two attached hydrogens (primary N) is 1. The lowest BCUT2D eigenvalue weighted by atomic mass is 9.63. The molecule has 3 nitrogen and oxygen atoms in total. The SMILES string of the molecule is CCCCCCCC/C=C(/CNc1ccc(C(N)=O)cc1)c1ccc2c(c1)C(C)(C)CCC2(C)C. The first-order chi connectivity index (χ1) is 16.6. The fourth-order valence-corrected chi connectivity index (χ4v) is 5.23. The van der Waals surface area contributed by atoms with Gasteiger partial charge in [0, 0.05) is 17.8 Å². The van der Waals surface area contributed by atoms with E-state index in [4.69, 9.17) is 5.73 Å². The zero-order valence-electron chi connectivity index (χ0n) is 22.7. The summed E-state index contributed by atoms with van der Waals surface area (Å²) in [4.78, 5) is 11.4.